The second kappa shape index (κ2) is 6.21. The quantitative estimate of drug-likeness (QED) is 0.493. The first-order valence-electron chi connectivity index (χ1n) is 7.99. The average molecular weight is 400 g/mol. The van der Waals surface area contributed by atoms with Crippen LogP contribution >= 0.6 is 46.4 Å². The van der Waals surface area contributed by atoms with Crippen LogP contribution in [0, 0.1) is 0 Å². The first-order valence-corrected chi connectivity index (χ1v) is 9.50. The molecule has 2 aromatic rings. The second-order valence-corrected chi connectivity index (χ2v) is 8.05. The molecule has 0 saturated heterocycles. The highest BCUT2D eigenvalue weighted by atomic mass is 35.5. The van der Waals surface area contributed by atoms with Gasteiger partial charge in [-0.2, -0.15) is 0 Å². The summed E-state index contributed by atoms with van der Waals surface area (Å²) in [5, 5.41) is 1.54. The van der Waals surface area contributed by atoms with Crippen molar-refractivity contribution in [3.63, 3.8) is 0 Å². The number of rotatable bonds is 4. The fraction of sp³-hybridized carbons (Fsp3) is 0.316. The fourth-order valence-electron chi connectivity index (χ4n) is 3.04. The van der Waals surface area contributed by atoms with Gasteiger partial charge in [0.1, 0.15) is 0 Å². The minimum absolute atomic E-state index is 0.251. The van der Waals surface area contributed by atoms with E-state index in [9.17, 15) is 4.79 Å². The van der Waals surface area contributed by atoms with E-state index in [1.54, 1.807) is 12.1 Å². The molecule has 24 heavy (non-hydrogen) atoms. The zero-order valence-electron chi connectivity index (χ0n) is 12.7. The molecule has 2 aliphatic carbocycles. The molecule has 0 aliphatic heterocycles. The number of halogens is 4. The maximum atomic E-state index is 12.9. The molecule has 0 aromatic heterocycles. The van der Waals surface area contributed by atoms with Crippen molar-refractivity contribution in [2.45, 2.75) is 37.5 Å². The highest BCUT2D eigenvalue weighted by molar-refractivity contribution is 6.47. The number of hydrogen-bond acceptors (Lipinski definition) is 1. The van der Waals surface area contributed by atoms with Gasteiger partial charge in [0, 0.05) is 11.1 Å². The van der Waals surface area contributed by atoms with Gasteiger partial charge in [0.25, 0.3) is 0 Å². The minimum atomic E-state index is -0.251. The normalized spacial score (nSPS) is 17.2. The van der Waals surface area contributed by atoms with Gasteiger partial charge in [0.15, 0.2) is 5.78 Å². The van der Waals surface area contributed by atoms with Crippen LogP contribution in [-0.2, 0) is 0 Å². The Balaban J connectivity index is 1.74. The van der Waals surface area contributed by atoms with Crippen molar-refractivity contribution in [2.24, 2.45) is 0 Å². The molecule has 2 aliphatic rings. The first kappa shape index (κ1) is 16.7. The number of carbonyl (C=O) groups excluding carboxylic acids is 1. The van der Waals surface area contributed by atoms with Gasteiger partial charge in [-0.25, -0.2) is 0 Å². The molecule has 4 rings (SSSR count). The summed E-state index contributed by atoms with van der Waals surface area (Å²) < 4.78 is 0. The molecule has 0 atom stereocenters. The molecule has 2 aromatic carbocycles. The van der Waals surface area contributed by atoms with E-state index in [0.717, 1.165) is 36.8 Å². The van der Waals surface area contributed by atoms with E-state index in [0.29, 0.717) is 43.1 Å². The van der Waals surface area contributed by atoms with Gasteiger partial charge in [0.05, 0.1) is 20.1 Å². The van der Waals surface area contributed by atoms with Crippen molar-refractivity contribution >= 4 is 52.2 Å². The van der Waals surface area contributed by atoms with Crippen molar-refractivity contribution in [1.29, 1.82) is 0 Å². The van der Waals surface area contributed by atoms with Crippen LogP contribution < -0.4 is 0 Å². The maximum absolute atomic E-state index is 12.9. The molecule has 0 unspecified atom stereocenters. The lowest BCUT2D eigenvalue weighted by molar-refractivity contribution is 0.103. The summed E-state index contributed by atoms with van der Waals surface area (Å²) >= 11 is 25.5. The third-order valence-electron chi connectivity index (χ3n) is 4.75. The molecule has 0 radical (unpaired) electrons. The summed E-state index contributed by atoms with van der Waals surface area (Å²) in [7, 11) is 0. The Morgan fingerprint density at radius 3 is 1.38 bits per heavy atom. The van der Waals surface area contributed by atoms with Gasteiger partial charge in [-0.1, -0.05) is 58.5 Å². The highest BCUT2D eigenvalue weighted by Gasteiger charge is 2.30. The third-order valence-corrected chi connectivity index (χ3v) is 6.54. The van der Waals surface area contributed by atoms with E-state index < -0.39 is 0 Å². The Morgan fingerprint density at radius 1 is 0.667 bits per heavy atom. The fourth-order valence-corrected chi connectivity index (χ4v) is 4.20. The lowest BCUT2D eigenvalue weighted by Gasteiger charge is -2.12. The van der Waals surface area contributed by atoms with E-state index in [4.69, 9.17) is 46.4 Å². The summed E-state index contributed by atoms with van der Waals surface area (Å²) in [5.74, 6) is 0.684. The van der Waals surface area contributed by atoms with Crippen molar-refractivity contribution in [1.82, 2.24) is 0 Å². The average Bonchev–Trinajstić information content (AvgIpc) is 3.45. The molecule has 2 saturated carbocycles. The lowest BCUT2D eigenvalue weighted by Crippen LogP contribution is -2.05. The van der Waals surface area contributed by atoms with E-state index in [1.807, 2.05) is 12.1 Å². The maximum Gasteiger partial charge on any atom is 0.196 e. The number of ketones is 1. The Bertz CT molecular complexity index is 781. The monoisotopic (exact) mass is 398 g/mol. The Kier molecular flexibility index (Phi) is 4.33. The molecular weight excluding hydrogens is 386 g/mol. The summed E-state index contributed by atoms with van der Waals surface area (Å²) in [4.78, 5) is 12.9. The topological polar surface area (TPSA) is 17.1 Å². The first-order chi connectivity index (χ1) is 11.5. The van der Waals surface area contributed by atoms with Crippen molar-refractivity contribution in [3.05, 3.63) is 66.6 Å². The van der Waals surface area contributed by atoms with Crippen LogP contribution in [0.15, 0.2) is 24.3 Å². The van der Waals surface area contributed by atoms with Gasteiger partial charge < -0.3 is 0 Å². The van der Waals surface area contributed by atoms with Crippen LogP contribution in [0.5, 0.6) is 0 Å². The van der Waals surface area contributed by atoms with Crippen LogP contribution in [-0.4, -0.2) is 5.78 Å². The van der Waals surface area contributed by atoms with E-state index in [-0.39, 0.29) is 5.78 Å². The molecule has 1 nitrogen and oxygen atoms in total. The zero-order valence-corrected chi connectivity index (χ0v) is 15.7. The predicted molar refractivity (Wildman–Crippen MR) is 100 cm³/mol. The molecular formula is C19H14Cl4O. The zero-order chi connectivity index (χ0) is 17.0. The third kappa shape index (κ3) is 2.86. The van der Waals surface area contributed by atoms with Crippen LogP contribution in [0.25, 0.3) is 0 Å². The minimum Gasteiger partial charge on any atom is -0.288 e. The molecule has 0 bridgehead atoms. The second-order valence-electron chi connectivity index (χ2n) is 6.54. The summed E-state index contributed by atoms with van der Waals surface area (Å²) in [6.45, 7) is 0. The Hall–Kier alpha value is -0.730. The van der Waals surface area contributed by atoms with Crippen molar-refractivity contribution in [2.75, 3.05) is 0 Å². The van der Waals surface area contributed by atoms with Crippen LogP contribution in [0.3, 0.4) is 0 Å². The largest absolute Gasteiger partial charge is 0.288 e. The Labute approximate surface area is 160 Å². The molecule has 0 spiro atoms. The summed E-state index contributed by atoms with van der Waals surface area (Å²) in [6, 6.07) is 7.27. The smallest absolute Gasteiger partial charge is 0.196 e. The van der Waals surface area contributed by atoms with Gasteiger partial charge in [-0.15, -0.1) is 0 Å². The Morgan fingerprint density at radius 2 is 1.04 bits per heavy atom. The SMILES string of the molecule is O=C(c1ccc(C2CC2)c(Cl)c1Cl)c1ccc(C2CC2)c(Cl)c1Cl. The molecule has 5 heteroatoms. The molecule has 0 amide bonds. The summed E-state index contributed by atoms with van der Waals surface area (Å²) in [6.07, 6.45) is 4.47. The van der Waals surface area contributed by atoms with Crippen LogP contribution in [0.2, 0.25) is 20.1 Å². The predicted octanol–water partition coefficient (Wildman–Crippen LogP) is 7.29. The number of hydrogen-bond donors (Lipinski definition) is 0. The lowest BCUT2D eigenvalue weighted by atomic mass is 9.98. The van der Waals surface area contributed by atoms with Crippen LogP contribution in [0.1, 0.15) is 64.6 Å². The van der Waals surface area contributed by atoms with E-state index in [1.165, 1.54) is 0 Å². The van der Waals surface area contributed by atoms with Gasteiger partial charge in [-0.3, -0.25) is 4.79 Å². The highest BCUT2D eigenvalue weighted by Crippen LogP contribution is 2.47. The van der Waals surface area contributed by atoms with Crippen molar-refractivity contribution < 1.29 is 4.79 Å². The molecule has 2 fully saturated rings. The molecule has 0 heterocycles. The molecule has 124 valence electrons. The standard InChI is InChI=1S/C19H14Cl4O/c20-15-11(9-1-2-9)5-7-13(17(15)22)19(24)14-8-6-12(10-3-4-10)16(21)18(14)23/h5-10H,1-4H2. The van der Waals surface area contributed by atoms with Gasteiger partial charge in [0.2, 0.25) is 0 Å². The van der Waals surface area contributed by atoms with E-state index in [2.05, 4.69) is 0 Å². The van der Waals surface area contributed by atoms with Gasteiger partial charge >= 0.3 is 0 Å². The molecule has 0 N–H and O–H groups in total. The van der Waals surface area contributed by atoms with Crippen LogP contribution in [0.4, 0.5) is 0 Å². The van der Waals surface area contributed by atoms with E-state index >= 15 is 0 Å². The summed E-state index contributed by atoms with van der Waals surface area (Å²) in [5.41, 5.74) is 2.77. The van der Waals surface area contributed by atoms with Gasteiger partial charge in [-0.05, 0) is 60.8 Å². The number of benzene rings is 2. The van der Waals surface area contributed by atoms with Crippen molar-refractivity contribution in [3.8, 4) is 0 Å². The number of carbonyl (C=O) groups is 1.